The maximum absolute atomic E-state index is 13.8. The number of para-hydroxylation sites is 1. The Hall–Kier alpha value is -2.94. The molecule has 1 aliphatic heterocycles. The summed E-state index contributed by atoms with van der Waals surface area (Å²) >= 11 is 6.61. The van der Waals surface area contributed by atoms with Crippen molar-refractivity contribution in [1.82, 2.24) is 9.55 Å². The van der Waals surface area contributed by atoms with Crippen molar-refractivity contribution in [2.45, 2.75) is 50.2 Å². The van der Waals surface area contributed by atoms with Crippen molar-refractivity contribution in [3.8, 4) is 17.6 Å². The Morgan fingerprint density at radius 3 is 2.64 bits per heavy atom. The van der Waals surface area contributed by atoms with Crippen LogP contribution >= 0.6 is 19.2 Å². The van der Waals surface area contributed by atoms with Gasteiger partial charge < -0.3 is 24.8 Å². The lowest BCUT2D eigenvalue weighted by atomic mass is 9.99. The van der Waals surface area contributed by atoms with E-state index in [0.29, 0.717) is 0 Å². The molecule has 2 aromatic rings. The number of nitrogens with two attached hydrogens (primary N) is 1. The number of anilines is 1. The summed E-state index contributed by atoms with van der Waals surface area (Å²) in [6, 6.07) is 9.47. The fourth-order valence-electron chi connectivity index (χ4n) is 3.77. The van der Waals surface area contributed by atoms with Crippen molar-refractivity contribution in [3.05, 3.63) is 53.1 Å². The first-order valence-corrected chi connectivity index (χ1v) is 14.1. The highest BCUT2D eigenvalue weighted by atomic mass is 35.5. The molecule has 0 bridgehead atoms. The zero-order valence-electron chi connectivity index (χ0n) is 21.5. The van der Waals surface area contributed by atoms with Crippen LogP contribution in [0.2, 0.25) is 0 Å². The van der Waals surface area contributed by atoms with Crippen LogP contribution in [0, 0.1) is 17.8 Å². The van der Waals surface area contributed by atoms with Crippen molar-refractivity contribution >= 4 is 31.0 Å². The molecule has 0 spiro atoms. The van der Waals surface area contributed by atoms with E-state index in [1.807, 2.05) is 0 Å². The second-order valence-corrected chi connectivity index (χ2v) is 11.8. The topological polar surface area (TPSA) is 152 Å². The van der Waals surface area contributed by atoms with Gasteiger partial charge in [0.25, 0.3) is 0 Å². The molecule has 1 aliphatic rings. The summed E-state index contributed by atoms with van der Waals surface area (Å²) in [4.78, 5) is 26.5. The second kappa shape index (κ2) is 12.9. The Balaban J connectivity index is 1.88. The summed E-state index contributed by atoms with van der Waals surface area (Å²) in [5.74, 6) is 3.25. The molecule has 1 fully saturated rings. The number of hydrogen-bond donors (Lipinski definition) is 2. The molecular formula is C25H30ClFN3O8P. The Kier molecular flexibility index (Phi) is 10.2. The molecule has 0 aliphatic carbocycles. The number of aromatic nitrogens is 2. The summed E-state index contributed by atoms with van der Waals surface area (Å²) in [5, 5.41) is 11.0. The highest BCUT2D eigenvalue weighted by Crippen LogP contribution is 2.51. The van der Waals surface area contributed by atoms with Gasteiger partial charge in [-0.15, -0.1) is 0 Å². The van der Waals surface area contributed by atoms with Crippen molar-refractivity contribution in [2.24, 2.45) is 5.92 Å². The minimum Gasteiger partial charge on any atom is -0.463 e. The zero-order valence-corrected chi connectivity index (χ0v) is 23.2. The van der Waals surface area contributed by atoms with E-state index in [1.54, 1.807) is 44.2 Å². The van der Waals surface area contributed by atoms with Gasteiger partial charge >= 0.3 is 19.3 Å². The van der Waals surface area contributed by atoms with Gasteiger partial charge in [-0.2, -0.15) is 4.98 Å². The molecule has 2 heterocycles. The molecule has 0 amide bonds. The van der Waals surface area contributed by atoms with Crippen LogP contribution in [0.4, 0.5) is 10.2 Å². The first-order valence-electron chi connectivity index (χ1n) is 12.0. The first kappa shape index (κ1) is 30.6. The third-order valence-corrected chi connectivity index (χ3v) is 8.10. The molecule has 1 unspecified atom stereocenters. The fourth-order valence-corrected chi connectivity index (χ4v) is 6.00. The maximum atomic E-state index is 13.8. The Morgan fingerprint density at radius 1 is 1.33 bits per heavy atom. The molecule has 3 N–H and O–H groups in total. The van der Waals surface area contributed by atoms with E-state index in [4.69, 9.17) is 35.9 Å². The predicted octanol–water partition coefficient (Wildman–Crippen LogP) is 2.91. The van der Waals surface area contributed by atoms with Crippen LogP contribution in [0.3, 0.4) is 0 Å². The molecule has 6 atom stereocenters. The van der Waals surface area contributed by atoms with Crippen molar-refractivity contribution in [3.63, 3.8) is 0 Å². The highest BCUT2D eigenvalue weighted by Gasteiger charge is 2.56. The third kappa shape index (κ3) is 7.59. The Bertz CT molecular complexity index is 1320. The quantitative estimate of drug-likeness (QED) is 0.184. The number of carbonyl (C=O) groups is 1. The average molecular weight is 586 g/mol. The maximum Gasteiger partial charge on any atom is 0.380 e. The number of rotatable bonds is 10. The molecule has 3 rings (SSSR count). The van der Waals surface area contributed by atoms with Gasteiger partial charge in [-0.05, 0) is 32.0 Å². The Labute approximate surface area is 229 Å². The lowest BCUT2D eigenvalue weighted by Gasteiger charge is -2.26. The average Bonchev–Trinajstić information content (AvgIpc) is 3.11. The monoisotopic (exact) mass is 585 g/mol. The number of halogens is 2. The minimum atomic E-state index is -4.07. The van der Waals surface area contributed by atoms with E-state index >= 15 is 0 Å². The number of aliphatic hydroxyl groups excluding tert-OH is 1. The summed E-state index contributed by atoms with van der Waals surface area (Å²) in [6.45, 7) is 3.26. The molecule has 14 heteroatoms. The lowest BCUT2D eigenvalue weighted by Crippen LogP contribution is -2.43. The van der Waals surface area contributed by atoms with Crippen molar-refractivity contribution in [1.29, 1.82) is 0 Å². The van der Waals surface area contributed by atoms with Gasteiger partial charge in [0, 0.05) is 6.20 Å². The second-order valence-electron chi connectivity index (χ2n) is 9.10. The summed E-state index contributed by atoms with van der Waals surface area (Å²) in [7, 11) is -4.07. The summed E-state index contributed by atoms with van der Waals surface area (Å²) in [6.07, 6.45) is -3.86. The van der Waals surface area contributed by atoms with Crippen LogP contribution in [0.5, 0.6) is 5.75 Å². The molecule has 39 heavy (non-hydrogen) atoms. The van der Waals surface area contributed by atoms with Crippen LogP contribution in [0.1, 0.15) is 27.0 Å². The van der Waals surface area contributed by atoms with E-state index in [-0.39, 0.29) is 23.8 Å². The predicted molar refractivity (Wildman–Crippen MR) is 141 cm³/mol. The van der Waals surface area contributed by atoms with Gasteiger partial charge in [0.2, 0.25) is 0 Å². The fraction of sp³-hybridized carbons (Fsp3) is 0.480. The number of benzene rings is 1. The van der Waals surface area contributed by atoms with Gasteiger partial charge in [0.15, 0.2) is 11.1 Å². The van der Waals surface area contributed by atoms with E-state index in [2.05, 4.69) is 16.8 Å². The van der Waals surface area contributed by atoms with E-state index < -0.39 is 61.8 Å². The third-order valence-electron chi connectivity index (χ3n) is 5.57. The number of hydrogen-bond acceptors (Lipinski definition) is 10. The molecule has 212 valence electrons. The van der Waals surface area contributed by atoms with Crippen LogP contribution < -0.4 is 15.9 Å². The smallest absolute Gasteiger partial charge is 0.380 e. The van der Waals surface area contributed by atoms with Crippen LogP contribution in [-0.2, 0) is 23.4 Å². The van der Waals surface area contributed by atoms with Gasteiger partial charge in [0.05, 0.1) is 24.8 Å². The number of ether oxygens (including phenoxy) is 2. The van der Waals surface area contributed by atoms with Crippen molar-refractivity contribution < 1.29 is 37.4 Å². The van der Waals surface area contributed by atoms with Crippen LogP contribution in [0.25, 0.3) is 0 Å². The highest BCUT2D eigenvalue weighted by molar-refractivity contribution is 7.54. The zero-order chi connectivity index (χ0) is 28.8. The number of aliphatic hydroxyl groups is 1. The molecule has 0 radical (unpaired) electrons. The van der Waals surface area contributed by atoms with Crippen LogP contribution in [-0.4, -0.2) is 63.3 Å². The molecule has 1 saturated heterocycles. The number of carbonyl (C=O) groups excluding carboxylic acids is 1. The van der Waals surface area contributed by atoms with Crippen molar-refractivity contribution in [2.75, 3.05) is 25.2 Å². The molecule has 11 nitrogen and oxygen atoms in total. The summed E-state index contributed by atoms with van der Waals surface area (Å²) < 4.78 is 50.1. The molecular weight excluding hydrogens is 556 g/mol. The number of alkyl halides is 2. The van der Waals surface area contributed by atoms with Crippen LogP contribution in [0.15, 0.2) is 47.4 Å². The molecule has 0 saturated carbocycles. The molecule has 1 aromatic carbocycles. The molecule has 1 aromatic heterocycles. The normalized spacial score (nSPS) is 24.8. The number of nitrogens with zero attached hydrogens (tertiary/aromatic N) is 2. The van der Waals surface area contributed by atoms with Gasteiger partial charge in [-0.3, -0.25) is 13.9 Å². The SMILES string of the molecule is CC(C)OC(=O)[C@H](C)C[P@](=O)(OC[C@H]1O[C@@H](n2ccc(N)nc2=O)C(Cl)(C#CCF)[C@H]1O)Oc1ccccc1. The first-order chi connectivity index (χ1) is 18.4. The standard InChI is InChI=1S/C25H30ClFN3O8P/c1-16(2)36-22(32)17(3)15-39(34,38-18-8-5-4-6-9-18)35-14-19-21(31)25(26,11-7-12-27)23(37-19)30-13-10-20(28)29-24(30)33/h4-6,8-10,13,16-17,19,21,23,31H,12,14-15H2,1-3H3,(H2,28,29,33)/t17-,19-,21+,23-,25?,39+/m1/s1. The minimum absolute atomic E-state index is 0.0613. The largest absolute Gasteiger partial charge is 0.463 e. The van der Waals surface area contributed by atoms with E-state index in [9.17, 15) is 23.7 Å². The van der Waals surface area contributed by atoms with Gasteiger partial charge in [0.1, 0.15) is 30.4 Å². The Morgan fingerprint density at radius 2 is 2.03 bits per heavy atom. The van der Waals surface area contributed by atoms with E-state index in [1.165, 1.54) is 19.2 Å². The van der Waals surface area contributed by atoms with Gasteiger partial charge in [-0.1, -0.05) is 48.6 Å². The number of nitrogen functional groups attached to an aromatic ring is 1. The summed E-state index contributed by atoms with van der Waals surface area (Å²) in [5.41, 5.74) is 4.70. The van der Waals surface area contributed by atoms with Gasteiger partial charge in [-0.25, -0.2) is 13.8 Å². The lowest BCUT2D eigenvalue weighted by molar-refractivity contribution is -0.151. The van der Waals surface area contributed by atoms with E-state index in [0.717, 1.165) is 4.57 Å². The number of esters is 1.